The van der Waals surface area contributed by atoms with Crippen molar-refractivity contribution < 1.29 is 9.21 Å². The molecule has 1 aromatic carbocycles. The maximum Gasteiger partial charge on any atom is 0.199 e. The van der Waals surface area contributed by atoms with Gasteiger partial charge < -0.3 is 10.2 Å². The molecule has 0 atom stereocenters. The van der Waals surface area contributed by atoms with Crippen LogP contribution in [0, 0.1) is 0 Å². The second-order valence-electron chi connectivity index (χ2n) is 5.41. The summed E-state index contributed by atoms with van der Waals surface area (Å²) < 4.78 is 5.56. The van der Waals surface area contributed by atoms with Gasteiger partial charge in [-0.1, -0.05) is 23.2 Å². The second kappa shape index (κ2) is 6.84. The van der Waals surface area contributed by atoms with E-state index >= 15 is 0 Å². The SMILES string of the molecule is CC(C)(N)CC(=O)c1ccc(-c2cc(Cl)cc(Cl)c2)o1.Cl. The van der Waals surface area contributed by atoms with Crippen molar-refractivity contribution in [3.8, 4) is 11.3 Å². The van der Waals surface area contributed by atoms with E-state index in [1.807, 2.05) is 0 Å². The van der Waals surface area contributed by atoms with E-state index in [0.717, 1.165) is 5.56 Å². The molecular weight excluding hydrogens is 333 g/mol. The summed E-state index contributed by atoms with van der Waals surface area (Å²) in [4.78, 5) is 12.0. The number of Topliss-reactive ketones (excluding diaryl/α,β-unsaturated/α-hetero) is 1. The Hall–Kier alpha value is -1.000. The largest absolute Gasteiger partial charge is 0.453 e. The fraction of sp³-hybridized carbons (Fsp3) is 0.267. The molecule has 2 N–H and O–H groups in total. The summed E-state index contributed by atoms with van der Waals surface area (Å²) in [5, 5.41) is 1.03. The van der Waals surface area contributed by atoms with Gasteiger partial charge in [0.15, 0.2) is 11.5 Å². The first-order valence-electron chi connectivity index (χ1n) is 6.13. The first-order chi connectivity index (χ1) is 9.24. The normalized spacial score (nSPS) is 11.1. The van der Waals surface area contributed by atoms with Gasteiger partial charge >= 0.3 is 0 Å². The Morgan fingerprint density at radius 2 is 1.76 bits per heavy atom. The van der Waals surface area contributed by atoms with E-state index in [9.17, 15) is 4.79 Å². The molecule has 1 heterocycles. The molecule has 1 aromatic heterocycles. The van der Waals surface area contributed by atoms with Crippen molar-refractivity contribution in [1.82, 2.24) is 0 Å². The lowest BCUT2D eigenvalue weighted by molar-refractivity contribution is 0.0934. The molecule has 6 heteroatoms. The topological polar surface area (TPSA) is 56.2 Å². The minimum absolute atomic E-state index is 0. The number of halogens is 3. The molecule has 0 unspecified atom stereocenters. The van der Waals surface area contributed by atoms with E-state index in [4.69, 9.17) is 33.4 Å². The fourth-order valence-corrected chi connectivity index (χ4v) is 2.37. The molecule has 0 aliphatic carbocycles. The van der Waals surface area contributed by atoms with Crippen LogP contribution in [-0.2, 0) is 0 Å². The molecule has 0 bridgehead atoms. The summed E-state index contributed by atoms with van der Waals surface area (Å²) in [5.74, 6) is 0.707. The maximum atomic E-state index is 12.0. The molecule has 21 heavy (non-hydrogen) atoms. The van der Waals surface area contributed by atoms with Crippen LogP contribution >= 0.6 is 35.6 Å². The highest BCUT2D eigenvalue weighted by Gasteiger charge is 2.20. The Balaban J connectivity index is 0.00000220. The molecule has 0 saturated heterocycles. The Morgan fingerprint density at radius 3 is 2.29 bits per heavy atom. The molecular formula is C15H16Cl3NO2. The third-order valence-electron chi connectivity index (χ3n) is 2.64. The lowest BCUT2D eigenvalue weighted by Crippen LogP contribution is -2.34. The van der Waals surface area contributed by atoms with E-state index in [1.165, 1.54) is 0 Å². The average molecular weight is 349 g/mol. The zero-order chi connectivity index (χ0) is 14.9. The monoisotopic (exact) mass is 347 g/mol. The molecule has 0 saturated carbocycles. The molecule has 0 aliphatic rings. The van der Waals surface area contributed by atoms with Gasteiger partial charge in [0.05, 0.1) is 0 Å². The van der Waals surface area contributed by atoms with Crippen molar-refractivity contribution in [2.24, 2.45) is 5.73 Å². The minimum Gasteiger partial charge on any atom is -0.453 e. The summed E-state index contributed by atoms with van der Waals surface area (Å²) in [5.41, 5.74) is 6.00. The van der Waals surface area contributed by atoms with Crippen LogP contribution in [0.1, 0.15) is 30.8 Å². The van der Waals surface area contributed by atoms with Gasteiger partial charge in [-0.15, -0.1) is 12.4 Å². The van der Waals surface area contributed by atoms with Gasteiger partial charge in [0, 0.05) is 27.6 Å². The highest BCUT2D eigenvalue weighted by atomic mass is 35.5. The number of benzene rings is 1. The van der Waals surface area contributed by atoms with Gasteiger partial charge in [0.1, 0.15) is 5.76 Å². The van der Waals surface area contributed by atoms with Crippen LogP contribution in [0.5, 0.6) is 0 Å². The van der Waals surface area contributed by atoms with Crippen LogP contribution in [0.15, 0.2) is 34.7 Å². The van der Waals surface area contributed by atoms with Gasteiger partial charge in [-0.3, -0.25) is 4.79 Å². The van der Waals surface area contributed by atoms with Crippen LogP contribution in [0.3, 0.4) is 0 Å². The summed E-state index contributed by atoms with van der Waals surface area (Å²) in [6, 6.07) is 8.45. The average Bonchev–Trinajstić information content (AvgIpc) is 2.74. The van der Waals surface area contributed by atoms with Crippen molar-refractivity contribution in [2.45, 2.75) is 25.8 Å². The second-order valence-corrected chi connectivity index (χ2v) is 6.28. The lowest BCUT2D eigenvalue weighted by Gasteiger charge is -2.15. The Kier molecular flexibility index (Phi) is 5.88. The number of hydrogen-bond donors (Lipinski definition) is 1. The fourth-order valence-electron chi connectivity index (χ4n) is 1.84. The number of carbonyl (C=O) groups is 1. The van der Waals surface area contributed by atoms with Crippen LogP contribution in [0.2, 0.25) is 10.0 Å². The molecule has 0 spiro atoms. The third kappa shape index (κ3) is 5.04. The number of ketones is 1. The van der Waals surface area contributed by atoms with Crippen molar-refractivity contribution in [3.63, 3.8) is 0 Å². The Labute approximate surface area is 139 Å². The molecule has 0 amide bonds. The van der Waals surface area contributed by atoms with Gasteiger partial charge in [0.25, 0.3) is 0 Å². The number of carbonyl (C=O) groups excluding carboxylic acids is 1. The van der Waals surface area contributed by atoms with E-state index in [1.54, 1.807) is 44.2 Å². The van der Waals surface area contributed by atoms with Crippen LogP contribution < -0.4 is 5.73 Å². The zero-order valence-corrected chi connectivity index (χ0v) is 14.0. The molecule has 114 valence electrons. The molecule has 2 aromatic rings. The van der Waals surface area contributed by atoms with Gasteiger partial charge in [-0.25, -0.2) is 0 Å². The standard InChI is InChI=1S/C15H15Cl2NO2.ClH/c1-15(2,18)8-12(19)14-4-3-13(20-14)9-5-10(16)7-11(17)6-9;/h3-7H,8,18H2,1-2H3;1H. The molecule has 0 fully saturated rings. The predicted octanol–water partition coefficient (Wildman–Crippen LogP) is 4.99. The predicted molar refractivity (Wildman–Crippen MR) is 88.6 cm³/mol. The van der Waals surface area contributed by atoms with Crippen molar-refractivity contribution in [2.75, 3.05) is 0 Å². The molecule has 0 aliphatic heterocycles. The van der Waals surface area contributed by atoms with Gasteiger partial charge in [-0.2, -0.15) is 0 Å². The quantitative estimate of drug-likeness (QED) is 0.792. The minimum atomic E-state index is -0.566. The highest BCUT2D eigenvalue weighted by molar-refractivity contribution is 6.35. The van der Waals surface area contributed by atoms with Crippen molar-refractivity contribution in [1.29, 1.82) is 0 Å². The van der Waals surface area contributed by atoms with Gasteiger partial charge in [0.2, 0.25) is 0 Å². The first kappa shape index (κ1) is 18.1. The van der Waals surface area contributed by atoms with Gasteiger partial charge in [-0.05, 0) is 44.2 Å². The Morgan fingerprint density at radius 1 is 1.19 bits per heavy atom. The molecule has 3 nitrogen and oxygen atoms in total. The summed E-state index contributed by atoms with van der Waals surface area (Å²) >= 11 is 11.9. The van der Waals surface area contributed by atoms with Crippen LogP contribution in [0.25, 0.3) is 11.3 Å². The lowest BCUT2D eigenvalue weighted by atomic mass is 9.98. The summed E-state index contributed by atoms with van der Waals surface area (Å²) in [7, 11) is 0. The number of hydrogen-bond acceptors (Lipinski definition) is 3. The highest BCUT2D eigenvalue weighted by Crippen LogP contribution is 2.29. The van der Waals surface area contributed by atoms with E-state index in [-0.39, 0.29) is 30.4 Å². The van der Waals surface area contributed by atoms with Crippen molar-refractivity contribution in [3.05, 3.63) is 46.1 Å². The van der Waals surface area contributed by atoms with Crippen LogP contribution in [-0.4, -0.2) is 11.3 Å². The first-order valence-corrected chi connectivity index (χ1v) is 6.88. The summed E-state index contributed by atoms with van der Waals surface area (Å²) in [6.45, 7) is 3.59. The van der Waals surface area contributed by atoms with E-state index in [0.29, 0.717) is 15.8 Å². The molecule has 2 rings (SSSR count). The third-order valence-corrected chi connectivity index (χ3v) is 3.08. The van der Waals surface area contributed by atoms with E-state index in [2.05, 4.69) is 0 Å². The maximum absolute atomic E-state index is 12.0. The van der Waals surface area contributed by atoms with Crippen molar-refractivity contribution >= 4 is 41.4 Å². The number of rotatable bonds is 4. The molecule has 0 radical (unpaired) electrons. The number of furan rings is 1. The Bertz CT molecular complexity index is 624. The van der Waals surface area contributed by atoms with E-state index < -0.39 is 5.54 Å². The smallest absolute Gasteiger partial charge is 0.199 e. The summed E-state index contributed by atoms with van der Waals surface area (Å²) in [6.07, 6.45) is 0.219. The van der Waals surface area contributed by atoms with Crippen LogP contribution in [0.4, 0.5) is 0 Å². The number of nitrogens with two attached hydrogens (primary N) is 1. The zero-order valence-electron chi connectivity index (χ0n) is 11.7.